The first-order valence-electron chi connectivity index (χ1n) is 7.23. The summed E-state index contributed by atoms with van der Waals surface area (Å²) in [5, 5.41) is 0. The maximum atomic E-state index is 14.0. The summed E-state index contributed by atoms with van der Waals surface area (Å²) in [5.74, 6) is 4.14. The summed E-state index contributed by atoms with van der Waals surface area (Å²) < 4.78 is 52.1. The second-order valence-electron chi connectivity index (χ2n) is 5.13. The van der Waals surface area contributed by atoms with Gasteiger partial charge in [0.15, 0.2) is 0 Å². The SMILES string of the molecule is CCCCCCCC(NN)c1cccc(C(F)(F)F)c1F. The number of hydrazine groups is 1. The Kier molecular flexibility index (Phi) is 7.11. The minimum Gasteiger partial charge on any atom is -0.271 e. The fourth-order valence-corrected chi connectivity index (χ4v) is 2.32. The van der Waals surface area contributed by atoms with Crippen molar-refractivity contribution in [2.24, 2.45) is 5.84 Å². The van der Waals surface area contributed by atoms with Gasteiger partial charge in [0.25, 0.3) is 0 Å². The molecule has 0 heterocycles. The third kappa shape index (κ3) is 5.28. The second-order valence-corrected chi connectivity index (χ2v) is 5.13. The Bertz CT molecular complexity index is 432. The fraction of sp³-hybridized carbons (Fsp3) is 0.600. The lowest BCUT2D eigenvalue weighted by Gasteiger charge is -2.19. The van der Waals surface area contributed by atoms with Crippen LogP contribution in [-0.4, -0.2) is 0 Å². The van der Waals surface area contributed by atoms with E-state index in [-0.39, 0.29) is 5.56 Å². The normalized spacial score (nSPS) is 13.4. The van der Waals surface area contributed by atoms with Gasteiger partial charge in [0.2, 0.25) is 0 Å². The number of benzene rings is 1. The summed E-state index contributed by atoms with van der Waals surface area (Å²) in [6.45, 7) is 2.10. The molecule has 6 heteroatoms. The smallest absolute Gasteiger partial charge is 0.271 e. The third-order valence-electron chi connectivity index (χ3n) is 3.51. The number of nitrogens with one attached hydrogen (secondary N) is 1. The molecule has 1 aromatic rings. The molecule has 1 atom stereocenters. The Morgan fingerprint density at radius 1 is 1.14 bits per heavy atom. The van der Waals surface area contributed by atoms with Crippen LogP contribution in [0.3, 0.4) is 0 Å². The number of unbranched alkanes of at least 4 members (excludes halogenated alkanes) is 4. The lowest BCUT2D eigenvalue weighted by atomic mass is 9.97. The van der Waals surface area contributed by atoms with Crippen molar-refractivity contribution in [1.29, 1.82) is 0 Å². The molecule has 0 saturated carbocycles. The van der Waals surface area contributed by atoms with Gasteiger partial charge < -0.3 is 0 Å². The van der Waals surface area contributed by atoms with Gasteiger partial charge >= 0.3 is 6.18 Å². The van der Waals surface area contributed by atoms with E-state index in [1.807, 2.05) is 0 Å². The monoisotopic (exact) mass is 306 g/mol. The molecule has 1 aromatic carbocycles. The first kappa shape index (κ1) is 17.9. The molecular weight excluding hydrogens is 284 g/mol. The van der Waals surface area contributed by atoms with E-state index in [0.717, 1.165) is 38.2 Å². The molecule has 0 fully saturated rings. The molecule has 0 saturated heterocycles. The molecule has 0 aliphatic heterocycles. The van der Waals surface area contributed by atoms with Crippen molar-refractivity contribution in [2.75, 3.05) is 0 Å². The van der Waals surface area contributed by atoms with Crippen molar-refractivity contribution in [3.63, 3.8) is 0 Å². The van der Waals surface area contributed by atoms with Crippen LogP contribution in [0.15, 0.2) is 18.2 Å². The molecule has 0 aliphatic carbocycles. The van der Waals surface area contributed by atoms with Gasteiger partial charge in [-0.2, -0.15) is 13.2 Å². The molecule has 0 radical (unpaired) electrons. The van der Waals surface area contributed by atoms with Crippen LogP contribution in [0.1, 0.15) is 62.6 Å². The predicted molar refractivity (Wildman–Crippen MR) is 74.8 cm³/mol. The average molecular weight is 306 g/mol. The van der Waals surface area contributed by atoms with Crippen LogP contribution in [0.25, 0.3) is 0 Å². The first-order valence-corrected chi connectivity index (χ1v) is 7.23. The largest absolute Gasteiger partial charge is 0.419 e. The Balaban J connectivity index is 2.77. The fourth-order valence-electron chi connectivity index (χ4n) is 2.32. The third-order valence-corrected chi connectivity index (χ3v) is 3.51. The molecular formula is C15H22F4N2. The summed E-state index contributed by atoms with van der Waals surface area (Å²) >= 11 is 0. The topological polar surface area (TPSA) is 38.0 Å². The van der Waals surface area contributed by atoms with E-state index in [0.29, 0.717) is 6.42 Å². The van der Waals surface area contributed by atoms with Crippen molar-refractivity contribution in [1.82, 2.24) is 5.43 Å². The van der Waals surface area contributed by atoms with Crippen LogP contribution >= 0.6 is 0 Å². The maximum absolute atomic E-state index is 14.0. The molecule has 1 unspecified atom stereocenters. The van der Waals surface area contributed by atoms with Crippen LogP contribution < -0.4 is 11.3 Å². The predicted octanol–water partition coefficient (Wildman–Crippen LogP) is 4.71. The number of rotatable bonds is 8. The minimum absolute atomic E-state index is 0.0252. The van der Waals surface area contributed by atoms with Crippen molar-refractivity contribution >= 4 is 0 Å². The number of hydrogen-bond acceptors (Lipinski definition) is 2. The highest BCUT2D eigenvalue weighted by Crippen LogP contribution is 2.34. The Hall–Kier alpha value is -1.14. The number of hydrogen-bond donors (Lipinski definition) is 2. The Morgan fingerprint density at radius 3 is 2.38 bits per heavy atom. The van der Waals surface area contributed by atoms with Crippen molar-refractivity contribution in [2.45, 2.75) is 57.7 Å². The molecule has 0 bridgehead atoms. The highest BCUT2D eigenvalue weighted by atomic mass is 19.4. The van der Waals surface area contributed by atoms with Gasteiger partial charge in [0.05, 0.1) is 5.56 Å². The van der Waals surface area contributed by atoms with Crippen LogP contribution in [0.2, 0.25) is 0 Å². The zero-order chi connectivity index (χ0) is 15.9. The zero-order valence-corrected chi connectivity index (χ0v) is 12.1. The van der Waals surface area contributed by atoms with Crippen molar-refractivity contribution in [3.05, 3.63) is 35.1 Å². The number of halogens is 4. The molecule has 21 heavy (non-hydrogen) atoms. The average Bonchev–Trinajstić information content (AvgIpc) is 2.42. The molecule has 0 aromatic heterocycles. The summed E-state index contributed by atoms with van der Waals surface area (Å²) in [4.78, 5) is 0. The molecule has 120 valence electrons. The first-order chi connectivity index (χ1) is 9.91. The standard InChI is InChI=1S/C15H22F4N2/c1-2-3-4-5-6-10-13(21-20)11-8-7-9-12(14(11)16)15(17,18)19/h7-9,13,21H,2-6,10,20H2,1H3. The van der Waals surface area contributed by atoms with Gasteiger partial charge in [-0.05, 0) is 12.5 Å². The van der Waals surface area contributed by atoms with Crippen molar-refractivity contribution in [3.8, 4) is 0 Å². The van der Waals surface area contributed by atoms with Crippen LogP contribution in [0.4, 0.5) is 17.6 Å². The van der Waals surface area contributed by atoms with Crippen LogP contribution in [0, 0.1) is 5.82 Å². The van der Waals surface area contributed by atoms with Gasteiger partial charge in [-0.3, -0.25) is 11.3 Å². The van der Waals surface area contributed by atoms with E-state index in [1.165, 1.54) is 12.1 Å². The van der Waals surface area contributed by atoms with E-state index in [2.05, 4.69) is 12.3 Å². The van der Waals surface area contributed by atoms with E-state index >= 15 is 0 Å². The van der Waals surface area contributed by atoms with E-state index in [9.17, 15) is 17.6 Å². The van der Waals surface area contributed by atoms with E-state index in [1.54, 1.807) is 0 Å². The summed E-state index contributed by atoms with van der Waals surface area (Å²) in [5.41, 5.74) is 1.15. The lowest BCUT2D eigenvalue weighted by Crippen LogP contribution is -2.29. The lowest BCUT2D eigenvalue weighted by molar-refractivity contribution is -0.140. The molecule has 0 spiro atoms. The quantitative estimate of drug-likeness (QED) is 0.316. The second kappa shape index (κ2) is 8.34. The molecule has 1 rings (SSSR count). The van der Waals surface area contributed by atoms with Gasteiger partial charge in [0.1, 0.15) is 5.82 Å². The molecule has 2 nitrogen and oxygen atoms in total. The highest BCUT2D eigenvalue weighted by molar-refractivity contribution is 5.30. The van der Waals surface area contributed by atoms with E-state index in [4.69, 9.17) is 5.84 Å². The zero-order valence-electron chi connectivity index (χ0n) is 12.1. The summed E-state index contributed by atoms with van der Waals surface area (Å²) in [6, 6.07) is 2.70. The minimum atomic E-state index is -4.69. The summed E-state index contributed by atoms with van der Waals surface area (Å²) in [6.07, 6.45) is 0.883. The Morgan fingerprint density at radius 2 is 1.81 bits per heavy atom. The summed E-state index contributed by atoms with van der Waals surface area (Å²) in [7, 11) is 0. The maximum Gasteiger partial charge on any atom is 0.419 e. The van der Waals surface area contributed by atoms with Crippen molar-refractivity contribution < 1.29 is 17.6 Å². The highest BCUT2D eigenvalue weighted by Gasteiger charge is 2.35. The van der Waals surface area contributed by atoms with E-state index < -0.39 is 23.6 Å². The molecule has 0 amide bonds. The van der Waals surface area contributed by atoms with Crippen LogP contribution in [-0.2, 0) is 6.18 Å². The van der Waals surface area contributed by atoms with Gasteiger partial charge in [-0.1, -0.05) is 51.2 Å². The number of alkyl halides is 3. The molecule has 0 aliphatic rings. The molecule has 3 N–H and O–H groups in total. The van der Waals surface area contributed by atoms with Gasteiger partial charge in [-0.25, -0.2) is 4.39 Å². The van der Waals surface area contributed by atoms with Gasteiger partial charge in [0, 0.05) is 11.6 Å². The van der Waals surface area contributed by atoms with Gasteiger partial charge in [-0.15, -0.1) is 0 Å². The number of nitrogens with two attached hydrogens (primary N) is 1. The Labute approximate surface area is 122 Å². The van der Waals surface area contributed by atoms with Crippen LogP contribution in [0.5, 0.6) is 0 Å².